The second kappa shape index (κ2) is 5.11. The van der Waals surface area contributed by atoms with Crippen molar-refractivity contribution in [1.29, 1.82) is 0 Å². The summed E-state index contributed by atoms with van der Waals surface area (Å²) in [4.78, 5) is 0. The summed E-state index contributed by atoms with van der Waals surface area (Å²) in [6, 6.07) is 14.5. The normalized spacial score (nSPS) is 12.4. The van der Waals surface area contributed by atoms with Crippen molar-refractivity contribution in [2.75, 3.05) is 6.54 Å². The van der Waals surface area contributed by atoms with Crippen molar-refractivity contribution < 1.29 is 4.39 Å². The zero-order valence-corrected chi connectivity index (χ0v) is 9.57. The van der Waals surface area contributed by atoms with Gasteiger partial charge >= 0.3 is 0 Å². The largest absolute Gasteiger partial charge is 0.330 e. The highest BCUT2D eigenvalue weighted by Gasteiger charge is 2.15. The third-order valence-electron chi connectivity index (χ3n) is 2.87. The molecule has 1 radical (unpaired) electrons. The molecular formula is C15H15FN. The van der Waals surface area contributed by atoms with E-state index in [0.717, 1.165) is 11.1 Å². The first-order valence-corrected chi connectivity index (χ1v) is 5.59. The third-order valence-corrected chi connectivity index (χ3v) is 2.87. The lowest BCUT2D eigenvalue weighted by Crippen LogP contribution is -2.15. The van der Waals surface area contributed by atoms with Crippen molar-refractivity contribution in [2.24, 2.45) is 5.73 Å². The van der Waals surface area contributed by atoms with Crippen LogP contribution in [-0.4, -0.2) is 6.54 Å². The van der Waals surface area contributed by atoms with E-state index in [1.807, 2.05) is 30.3 Å². The zero-order valence-electron chi connectivity index (χ0n) is 9.57. The molecule has 2 aromatic carbocycles. The lowest BCUT2D eigenvalue weighted by molar-refractivity contribution is 0.597. The number of hydrogen-bond donors (Lipinski definition) is 1. The Hall–Kier alpha value is -1.67. The van der Waals surface area contributed by atoms with Gasteiger partial charge < -0.3 is 5.73 Å². The molecule has 0 fully saturated rings. The summed E-state index contributed by atoms with van der Waals surface area (Å²) < 4.78 is 13.7. The quantitative estimate of drug-likeness (QED) is 0.858. The van der Waals surface area contributed by atoms with Gasteiger partial charge in [0.1, 0.15) is 5.82 Å². The maximum atomic E-state index is 13.7. The second-order valence-electron chi connectivity index (χ2n) is 4.05. The predicted octanol–water partition coefficient (Wildman–Crippen LogP) is 3.10. The van der Waals surface area contributed by atoms with Gasteiger partial charge in [-0.15, -0.1) is 0 Å². The summed E-state index contributed by atoms with van der Waals surface area (Å²) >= 11 is 0. The Balaban J connectivity index is 2.44. The monoisotopic (exact) mass is 228 g/mol. The topological polar surface area (TPSA) is 26.0 Å². The predicted molar refractivity (Wildman–Crippen MR) is 68.2 cm³/mol. The first-order valence-electron chi connectivity index (χ1n) is 5.59. The smallest absolute Gasteiger partial charge is 0.127 e. The SMILES string of the molecule is [CH2]c1cccc(C(CN)c2ccccc2F)c1. The summed E-state index contributed by atoms with van der Waals surface area (Å²) in [5.41, 5.74) is 8.33. The van der Waals surface area contributed by atoms with Crippen molar-refractivity contribution in [1.82, 2.24) is 0 Å². The molecule has 0 spiro atoms. The van der Waals surface area contributed by atoms with E-state index in [2.05, 4.69) is 6.92 Å². The molecular weight excluding hydrogens is 213 g/mol. The molecule has 0 saturated carbocycles. The molecule has 0 aliphatic carbocycles. The van der Waals surface area contributed by atoms with Gasteiger partial charge in [0.05, 0.1) is 0 Å². The first kappa shape index (κ1) is 11.8. The van der Waals surface area contributed by atoms with Gasteiger partial charge in [0.2, 0.25) is 0 Å². The molecule has 2 aromatic rings. The van der Waals surface area contributed by atoms with Gasteiger partial charge in [0.25, 0.3) is 0 Å². The van der Waals surface area contributed by atoms with Crippen LogP contribution in [0.1, 0.15) is 22.6 Å². The zero-order chi connectivity index (χ0) is 12.3. The molecule has 1 atom stereocenters. The van der Waals surface area contributed by atoms with Crippen molar-refractivity contribution in [3.05, 3.63) is 78.0 Å². The summed E-state index contributed by atoms with van der Waals surface area (Å²) in [5, 5.41) is 0. The molecule has 0 aliphatic heterocycles. The van der Waals surface area contributed by atoms with E-state index in [4.69, 9.17) is 5.73 Å². The highest BCUT2D eigenvalue weighted by molar-refractivity contribution is 5.36. The van der Waals surface area contributed by atoms with Crippen LogP contribution in [0.2, 0.25) is 0 Å². The minimum absolute atomic E-state index is 0.113. The number of hydrogen-bond acceptors (Lipinski definition) is 1. The minimum atomic E-state index is -0.211. The van der Waals surface area contributed by atoms with E-state index in [-0.39, 0.29) is 11.7 Å². The van der Waals surface area contributed by atoms with Crippen molar-refractivity contribution in [3.8, 4) is 0 Å². The Morgan fingerprint density at radius 2 is 1.88 bits per heavy atom. The molecule has 1 nitrogen and oxygen atoms in total. The van der Waals surface area contributed by atoms with Gasteiger partial charge in [-0.05, 0) is 29.7 Å². The van der Waals surface area contributed by atoms with E-state index >= 15 is 0 Å². The third kappa shape index (κ3) is 2.53. The second-order valence-corrected chi connectivity index (χ2v) is 4.05. The average Bonchev–Trinajstić information content (AvgIpc) is 2.33. The van der Waals surface area contributed by atoms with Crippen LogP contribution in [0.5, 0.6) is 0 Å². The number of rotatable bonds is 3. The standard InChI is InChI=1S/C15H15FN/c1-11-5-4-6-12(9-11)14(10-17)13-7-2-3-8-15(13)16/h2-9,14H,1,10,17H2. The molecule has 17 heavy (non-hydrogen) atoms. The van der Waals surface area contributed by atoms with E-state index in [1.165, 1.54) is 6.07 Å². The maximum absolute atomic E-state index is 13.7. The van der Waals surface area contributed by atoms with E-state index in [1.54, 1.807) is 12.1 Å². The Kier molecular flexibility index (Phi) is 3.55. The van der Waals surface area contributed by atoms with E-state index in [0.29, 0.717) is 12.1 Å². The van der Waals surface area contributed by atoms with Crippen molar-refractivity contribution in [2.45, 2.75) is 5.92 Å². The van der Waals surface area contributed by atoms with Crippen LogP contribution >= 0.6 is 0 Å². The van der Waals surface area contributed by atoms with Crippen molar-refractivity contribution >= 4 is 0 Å². The van der Waals surface area contributed by atoms with Crippen molar-refractivity contribution in [3.63, 3.8) is 0 Å². The minimum Gasteiger partial charge on any atom is -0.330 e. The van der Waals surface area contributed by atoms with Crippen LogP contribution in [0.4, 0.5) is 4.39 Å². The number of halogens is 1. The summed E-state index contributed by atoms with van der Waals surface area (Å²) in [6.45, 7) is 4.26. The summed E-state index contributed by atoms with van der Waals surface area (Å²) in [6.07, 6.45) is 0. The molecule has 0 amide bonds. The molecule has 0 aromatic heterocycles. The summed E-state index contributed by atoms with van der Waals surface area (Å²) in [7, 11) is 0. The fourth-order valence-corrected chi connectivity index (χ4v) is 2.01. The fourth-order valence-electron chi connectivity index (χ4n) is 2.01. The van der Waals surface area contributed by atoms with Gasteiger partial charge in [-0.2, -0.15) is 0 Å². The van der Waals surface area contributed by atoms with Crippen LogP contribution in [0.15, 0.2) is 48.5 Å². The van der Waals surface area contributed by atoms with Crippen LogP contribution < -0.4 is 5.73 Å². The van der Waals surface area contributed by atoms with Gasteiger partial charge in [-0.1, -0.05) is 42.5 Å². The molecule has 2 rings (SSSR count). The van der Waals surface area contributed by atoms with E-state index < -0.39 is 0 Å². The van der Waals surface area contributed by atoms with Crippen LogP contribution in [0, 0.1) is 12.7 Å². The Morgan fingerprint density at radius 1 is 1.12 bits per heavy atom. The van der Waals surface area contributed by atoms with E-state index in [9.17, 15) is 4.39 Å². The molecule has 0 saturated heterocycles. The average molecular weight is 228 g/mol. The molecule has 2 heteroatoms. The number of nitrogens with two attached hydrogens (primary N) is 1. The lowest BCUT2D eigenvalue weighted by Gasteiger charge is -2.17. The Bertz CT molecular complexity index is 508. The maximum Gasteiger partial charge on any atom is 0.127 e. The van der Waals surface area contributed by atoms with Crippen LogP contribution in [-0.2, 0) is 0 Å². The highest BCUT2D eigenvalue weighted by atomic mass is 19.1. The molecule has 0 bridgehead atoms. The van der Waals surface area contributed by atoms with Gasteiger partial charge in [-0.3, -0.25) is 0 Å². The van der Waals surface area contributed by atoms with Gasteiger partial charge in [-0.25, -0.2) is 4.39 Å². The highest BCUT2D eigenvalue weighted by Crippen LogP contribution is 2.26. The lowest BCUT2D eigenvalue weighted by atomic mass is 9.90. The molecule has 0 heterocycles. The fraction of sp³-hybridized carbons (Fsp3) is 0.133. The van der Waals surface area contributed by atoms with Crippen LogP contribution in [0.25, 0.3) is 0 Å². The number of benzene rings is 2. The molecule has 2 N–H and O–H groups in total. The first-order chi connectivity index (χ1) is 8.22. The van der Waals surface area contributed by atoms with Gasteiger partial charge in [0, 0.05) is 12.5 Å². The molecule has 1 unspecified atom stereocenters. The Labute approximate surface area is 101 Å². The summed E-state index contributed by atoms with van der Waals surface area (Å²) in [5.74, 6) is -0.324. The molecule has 0 aliphatic rings. The van der Waals surface area contributed by atoms with Gasteiger partial charge in [0.15, 0.2) is 0 Å². The Morgan fingerprint density at radius 3 is 2.53 bits per heavy atom. The van der Waals surface area contributed by atoms with Crippen LogP contribution in [0.3, 0.4) is 0 Å². The molecule has 87 valence electrons.